The molecule has 3 N–H and O–H groups in total. The SMILES string of the molecule is C=C(N/N=C1\NC(=O)C(CC(=O)O)S1)c1cc(OC)c(OC)c(OC)c1. The van der Waals surface area contributed by atoms with Crippen LogP contribution in [0, 0.1) is 0 Å². The first-order chi connectivity index (χ1) is 12.4. The molecule has 140 valence electrons. The van der Waals surface area contributed by atoms with Gasteiger partial charge in [0.25, 0.3) is 0 Å². The van der Waals surface area contributed by atoms with Crippen molar-refractivity contribution in [2.75, 3.05) is 21.3 Å². The number of amidine groups is 1. The van der Waals surface area contributed by atoms with Crippen LogP contribution in [0.2, 0.25) is 0 Å². The number of aliphatic carboxylic acids is 1. The average Bonchev–Trinajstić information content (AvgIpc) is 2.97. The van der Waals surface area contributed by atoms with E-state index in [1.807, 2.05) is 0 Å². The Balaban J connectivity index is 2.13. The van der Waals surface area contributed by atoms with Crippen molar-refractivity contribution in [1.82, 2.24) is 10.7 Å². The Morgan fingerprint density at radius 1 is 1.31 bits per heavy atom. The molecule has 0 radical (unpaired) electrons. The zero-order valence-electron chi connectivity index (χ0n) is 14.5. The smallest absolute Gasteiger partial charge is 0.305 e. The molecule has 9 nitrogen and oxygen atoms in total. The van der Waals surface area contributed by atoms with Gasteiger partial charge in [-0.25, -0.2) is 0 Å². The molecule has 0 saturated carbocycles. The molecule has 0 aromatic heterocycles. The van der Waals surface area contributed by atoms with Crippen molar-refractivity contribution in [3.63, 3.8) is 0 Å². The summed E-state index contributed by atoms with van der Waals surface area (Å²) in [7, 11) is 4.52. The molecule has 0 spiro atoms. The molecule has 1 saturated heterocycles. The molecule has 10 heteroatoms. The van der Waals surface area contributed by atoms with Crippen molar-refractivity contribution < 1.29 is 28.9 Å². The zero-order chi connectivity index (χ0) is 19.3. The number of carboxylic acids is 1. The van der Waals surface area contributed by atoms with Gasteiger partial charge in [0.2, 0.25) is 11.7 Å². The summed E-state index contributed by atoms with van der Waals surface area (Å²) in [5.41, 5.74) is 3.80. The quantitative estimate of drug-likeness (QED) is 0.576. The second kappa shape index (κ2) is 8.48. The van der Waals surface area contributed by atoms with Crippen LogP contribution in [0.25, 0.3) is 5.70 Å². The van der Waals surface area contributed by atoms with Crippen LogP contribution in [-0.4, -0.2) is 48.7 Å². The van der Waals surface area contributed by atoms with E-state index < -0.39 is 17.1 Å². The Morgan fingerprint density at radius 3 is 2.42 bits per heavy atom. The molecule has 26 heavy (non-hydrogen) atoms. The monoisotopic (exact) mass is 381 g/mol. The van der Waals surface area contributed by atoms with Gasteiger partial charge < -0.3 is 24.6 Å². The van der Waals surface area contributed by atoms with E-state index in [4.69, 9.17) is 19.3 Å². The molecule has 1 unspecified atom stereocenters. The Kier molecular flexibility index (Phi) is 6.34. The van der Waals surface area contributed by atoms with Crippen LogP contribution in [-0.2, 0) is 9.59 Å². The van der Waals surface area contributed by atoms with E-state index in [1.165, 1.54) is 21.3 Å². The van der Waals surface area contributed by atoms with E-state index in [0.717, 1.165) is 11.8 Å². The molecule has 1 fully saturated rings. The van der Waals surface area contributed by atoms with Crippen LogP contribution in [0.1, 0.15) is 12.0 Å². The Morgan fingerprint density at radius 2 is 1.92 bits per heavy atom. The topological polar surface area (TPSA) is 118 Å². The van der Waals surface area contributed by atoms with E-state index in [0.29, 0.717) is 28.5 Å². The van der Waals surface area contributed by atoms with Crippen molar-refractivity contribution in [3.8, 4) is 17.2 Å². The second-order valence-electron chi connectivity index (χ2n) is 5.11. The van der Waals surface area contributed by atoms with E-state index in [2.05, 4.69) is 22.4 Å². The normalized spacial score (nSPS) is 17.6. The first kappa shape index (κ1) is 19.4. The number of hydrogen-bond donors (Lipinski definition) is 3. The van der Waals surface area contributed by atoms with Gasteiger partial charge in [-0.05, 0) is 12.1 Å². The third-order valence-electron chi connectivity index (χ3n) is 3.44. The van der Waals surface area contributed by atoms with E-state index in [9.17, 15) is 9.59 Å². The second-order valence-corrected chi connectivity index (χ2v) is 6.31. The number of nitrogens with one attached hydrogen (secondary N) is 2. The molecular formula is C16H19N3O6S. The third-order valence-corrected chi connectivity index (χ3v) is 4.52. The maximum absolute atomic E-state index is 11.7. The number of carbonyl (C=O) groups excluding carboxylic acids is 1. The summed E-state index contributed by atoms with van der Waals surface area (Å²) in [5, 5.41) is 14.9. The highest BCUT2D eigenvalue weighted by Gasteiger charge is 2.32. The number of amides is 1. The van der Waals surface area contributed by atoms with Crippen molar-refractivity contribution in [2.24, 2.45) is 5.10 Å². The molecule has 1 aromatic rings. The van der Waals surface area contributed by atoms with E-state index in [1.54, 1.807) is 12.1 Å². The van der Waals surface area contributed by atoms with Crippen LogP contribution >= 0.6 is 11.8 Å². The molecule has 1 amide bonds. The van der Waals surface area contributed by atoms with Crippen LogP contribution in [0.3, 0.4) is 0 Å². The van der Waals surface area contributed by atoms with Crippen molar-refractivity contribution >= 4 is 34.5 Å². The minimum atomic E-state index is -1.05. The van der Waals surface area contributed by atoms with Crippen LogP contribution in [0.4, 0.5) is 0 Å². The summed E-state index contributed by atoms with van der Waals surface area (Å²) in [6.45, 7) is 3.89. The maximum Gasteiger partial charge on any atom is 0.305 e. The van der Waals surface area contributed by atoms with E-state index >= 15 is 0 Å². The standard InChI is InChI=1S/C16H19N3O6S/c1-8(9-5-10(23-2)14(25-4)11(6-9)24-3)18-19-16-17-15(22)12(26-16)7-13(20)21/h5-6,12,18H,1,7H2,2-4H3,(H,20,21)(H,17,19,22). The minimum Gasteiger partial charge on any atom is -0.493 e. The largest absolute Gasteiger partial charge is 0.493 e. The number of nitrogens with zero attached hydrogens (tertiary/aromatic N) is 1. The van der Waals surface area contributed by atoms with Crippen LogP contribution in [0.5, 0.6) is 17.2 Å². The summed E-state index contributed by atoms with van der Waals surface area (Å²) in [4.78, 5) is 22.4. The number of methoxy groups -OCH3 is 3. The molecule has 1 aromatic carbocycles. The summed E-state index contributed by atoms with van der Waals surface area (Å²) in [5.74, 6) is -0.0666. The van der Waals surface area contributed by atoms with Gasteiger partial charge in [-0.15, -0.1) is 5.10 Å². The average molecular weight is 381 g/mol. The minimum absolute atomic E-state index is 0.273. The number of rotatable bonds is 8. The van der Waals surface area contributed by atoms with Gasteiger partial charge in [-0.2, -0.15) is 0 Å². The first-order valence-corrected chi connectivity index (χ1v) is 8.29. The number of carboxylic acid groups (broad SMARTS) is 1. The van der Waals surface area contributed by atoms with Gasteiger partial charge in [-0.3, -0.25) is 15.0 Å². The molecular weight excluding hydrogens is 362 g/mol. The molecule has 1 heterocycles. The number of hydrazone groups is 1. The summed E-state index contributed by atoms with van der Waals surface area (Å²) >= 11 is 1.04. The maximum atomic E-state index is 11.7. The van der Waals surface area contributed by atoms with Gasteiger partial charge in [0.15, 0.2) is 16.7 Å². The summed E-state index contributed by atoms with van der Waals surface area (Å²) < 4.78 is 15.8. The molecule has 2 rings (SSSR count). The number of ether oxygens (including phenoxy) is 3. The molecule has 1 atom stereocenters. The van der Waals surface area contributed by atoms with Crippen molar-refractivity contribution in [3.05, 3.63) is 24.3 Å². The number of thioether (sulfide) groups is 1. The molecule has 1 aliphatic heterocycles. The number of hydrogen-bond acceptors (Lipinski definition) is 8. The van der Waals surface area contributed by atoms with Gasteiger partial charge in [-0.1, -0.05) is 18.3 Å². The third kappa shape index (κ3) is 4.39. The lowest BCUT2D eigenvalue weighted by Crippen LogP contribution is -2.27. The summed E-state index contributed by atoms with van der Waals surface area (Å²) in [6.07, 6.45) is -0.274. The Labute approximate surface area is 154 Å². The van der Waals surface area contributed by atoms with Gasteiger partial charge in [0, 0.05) is 5.56 Å². The van der Waals surface area contributed by atoms with Gasteiger partial charge in [0.05, 0.1) is 33.4 Å². The Bertz CT molecular complexity index is 739. The van der Waals surface area contributed by atoms with Crippen LogP contribution < -0.4 is 25.0 Å². The highest BCUT2D eigenvalue weighted by molar-refractivity contribution is 8.15. The zero-order valence-corrected chi connectivity index (χ0v) is 15.3. The van der Waals surface area contributed by atoms with Crippen LogP contribution in [0.15, 0.2) is 23.8 Å². The molecule has 0 aliphatic carbocycles. The highest BCUT2D eigenvalue weighted by atomic mass is 32.2. The fourth-order valence-electron chi connectivity index (χ4n) is 2.19. The lowest BCUT2D eigenvalue weighted by Gasteiger charge is -2.15. The van der Waals surface area contributed by atoms with Crippen molar-refractivity contribution in [1.29, 1.82) is 0 Å². The molecule has 1 aliphatic rings. The lowest BCUT2D eigenvalue weighted by atomic mass is 10.1. The lowest BCUT2D eigenvalue weighted by molar-refractivity contribution is -0.138. The predicted octanol–water partition coefficient (Wildman–Crippen LogP) is 1.25. The first-order valence-electron chi connectivity index (χ1n) is 7.41. The summed E-state index contributed by atoms with van der Waals surface area (Å²) in [6, 6.07) is 3.40. The molecule has 0 bridgehead atoms. The van der Waals surface area contributed by atoms with E-state index in [-0.39, 0.29) is 11.6 Å². The fraction of sp³-hybridized carbons (Fsp3) is 0.312. The predicted molar refractivity (Wildman–Crippen MR) is 97.5 cm³/mol. The number of benzene rings is 1. The number of carbonyl (C=O) groups is 2. The van der Waals surface area contributed by atoms with Gasteiger partial charge in [0.1, 0.15) is 5.25 Å². The van der Waals surface area contributed by atoms with Crippen molar-refractivity contribution in [2.45, 2.75) is 11.7 Å². The Hall–Kier alpha value is -2.88. The van der Waals surface area contributed by atoms with Gasteiger partial charge >= 0.3 is 5.97 Å². The fourth-order valence-corrected chi connectivity index (χ4v) is 3.11. The highest BCUT2D eigenvalue weighted by Crippen LogP contribution is 2.39.